The molecule has 0 fully saturated rings. The van der Waals surface area contributed by atoms with Crippen LogP contribution in [0.25, 0.3) is 0 Å². The van der Waals surface area contributed by atoms with Gasteiger partial charge in [-0.3, -0.25) is 4.18 Å². The van der Waals surface area contributed by atoms with Gasteiger partial charge in [0.15, 0.2) is 0 Å². The lowest BCUT2D eigenvalue weighted by molar-refractivity contribution is 0.311. The fraction of sp³-hybridized carbons (Fsp3) is 0.222. The lowest BCUT2D eigenvalue weighted by Gasteiger charge is -2.00. The first-order valence-electron chi connectivity index (χ1n) is 3.77. The fourth-order valence-electron chi connectivity index (χ4n) is 0.770. The predicted octanol–water partition coefficient (Wildman–Crippen LogP) is 0.539. The molecule has 0 spiro atoms. The third kappa shape index (κ3) is 3.56. The highest BCUT2D eigenvalue weighted by atomic mass is 32.2. The molecule has 14 heavy (non-hydrogen) atoms. The highest BCUT2D eigenvalue weighted by Gasteiger charge is 2.02. The minimum Gasteiger partial charge on any atom is -0.265 e. The summed E-state index contributed by atoms with van der Waals surface area (Å²) in [5.41, 5.74) is 1.17. The quantitative estimate of drug-likeness (QED) is 0.541. The van der Waals surface area contributed by atoms with Crippen molar-refractivity contribution < 1.29 is 12.6 Å². The summed E-state index contributed by atoms with van der Waals surface area (Å²) >= 11 is 0. The zero-order valence-corrected chi connectivity index (χ0v) is 8.41. The third-order valence-electron chi connectivity index (χ3n) is 1.41. The van der Waals surface area contributed by atoms with Gasteiger partial charge < -0.3 is 0 Å². The standard InChI is InChI=1S/C9H9NO3S/c1-3-9-5-4-8(6-10-9)7-13-14(2,11)12/h1,4-6H,7H2,2H3. The maximum Gasteiger partial charge on any atom is 0.264 e. The summed E-state index contributed by atoms with van der Waals surface area (Å²) < 4.78 is 25.9. The van der Waals surface area contributed by atoms with E-state index in [2.05, 4.69) is 15.1 Å². The van der Waals surface area contributed by atoms with Crippen molar-refractivity contribution >= 4 is 10.1 Å². The first kappa shape index (κ1) is 10.7. The Balaban J connectivity index is 2.67. The highest BCUT2D eigenvalue weighted by Crippen LogP contribution is 2.03. The van der Waals surface area contributed by atoms with Gasteiger partial charge in [0.05, 0.1) is 12.9 Å². The van der Waals surface area contributed by atoms with Gasteiger partial charge in [-0.2, -0.15) is 8.42 Å². The van der Waals surface area contributed by atoms with Crippen molar-refractivity contribution in [3.8, 4) is 12.3 Å². The van der Waals surface area contributed by atoms with Crippen molar-refractivity contribution in [2.75, 3.05) is 6.26 Å². The van der Waals surface area contributed by atoms with Crippen LogP contribution in [0.15, 0.2) is 18.3 Å². The van der Waals surface area contributed by atoms with Gasteiger partial charge in [-0.1, -0.05) is 12.0 Å². The van der Waals surface area contributed by atoms with Gasteiger partial charge in [0, 0.05) is 6.20 Å². The Morgan fingerprint density at radius 3 is 2.71 bits per heavy atom. The fourth-order valence-corrected chi connectivity index (χ4v) is 1.12. The van der Waals surface area contributed by atoms with Gasteiger partial charge >= 0.3 is 0 Å². The van der Waals surface area contributed by atoms with Crippen LogP contribution < -0.4 is 0 Å². The van der Waals surface area contributed by atoms with Crippen LogP contribution in [0.5, 0.6) is 0 Å². The van der Waals surface area contributed by atoms with Crippen LogP contribution in [-0.4, -0.2) is 19.7 Å². The summed E-state index contributed by atoms with van der Waals surface area (Å²) in [4.78, 5) is 3.89. The molecule has 0 saturated carbocycles. The lowest BCUT2D eigenvalue weighted by atomic mass is 10.3. The van der Waals surface area contributed by atoms with Gasteiger partial charge in [0.2, 0.25) is 0 Å². The number of pyridine rings is 1. The molecule has 0 atom stereocenters. The smallest absolute Gasteiger partial charge is 0.264 e. The van der Waals surface area contributed by atoms with Gasteiger partial charge in [-0.25, -0.2) is 4.98 Å². The van der Waals surface area contributed by atoms with E-state index in [4.69, 9.17) is 6.42 Å². The molecule has 5 heteroatoms. The van der Waals surface area contributed by atoms with Gasteiger partial charge in [0.1, 0.15) is 5.69 Å². The van der Waals surface area contributed by atoms with Crippen LogP contribution >= 0.6 is 0 Å². The summed E-state index contributed by atoms with van der Waals surface area (Å²) in [6, 6.07) is 3.30. The van der Waals surface area contributed by atoms with Crippen molar-refractivity contribution in [3.05, 3.63) is 29.6 Å². The summed E-state index contributed by atoms with van der Waals surface area (Å²) in [7, 11) is -3.41. The normalized spacial score (nSPS) is 10.9. The molecule has 0 aliphatic heterocycles. The van der Waals surface area contributed by atoms with Crippen LogP contribution in [0, 0.1) is 12.3 Å². The van der Waals surface area contributed by atoms with E-state index < -0.39 is 10.1 Å². The molecule has 0 aromatic carbocycles. The second-order valence-corrected chi connectivity index (χ2v) is 4.31. The first-order valence-corrected chi connectivity index (χ1v) is 5.59. The molecule has 0 radical (unpaired) electrons. The summed E-state index contributed by atoms with van der Waals surface area (Å²) in [6.45, 7) is -0.0172. The van der Waals surface area contributed by atoms with Crippen LogP contribution in [-0.2, 0) is 20.9 Å². The van der Waals surface area contributed by atoms with Crippen molar-refractivity contribution in [1.82, 2.24) is 4.98 Å². The zero-order valence-electron chi connectivity index (χ0n) is 7.60. The van der Waals surface area contributed by atoms with E-state index >= 15 is 0 Å². The minimum absolute atomic E-state index is 0.0172. The average molecular weight is 211 g/mol. The van der Waals surface area contributed by atoms with Gasteiger partial charge in [0.25, 0.3) is 10.1 Å². The van der Waals surface area contributed by atoms with Crippen LogP contribution in [0.3, 0.4) is 0 Å². The lowest BCUT2D eigenvalue weighted by Crippen LogP contribution is -2.02. The summed E-state index contributed by atoms with van der Waals surface area (Å²) in [6.07, 6.45) is 7.59. The van der Waals surface area contributed by atoms with Crippen molar-refractivity contribution in [1.29, 1.82) is 0 Å². The largest absolute Gasteiger partial charge is 0.265 e. The number of nitrogens with zero attached hydrogens (tertiary/aromatic N) is 1. The number of rotatable bonds is 3. The third-order valence-corrected chi connectivity index (χ3v) is 1.96. The zero-order chi connectivity index (χ0) is 10.6. The maximum atomic E-state index is 10.7. The van der Waals surface area contributed by atoms with Crippen LogP contribution in [0.4, 0.5) is 0 Å². The number of aromatic nitrogens is 1. The molecule has 74 valence electrons. The van der Waals surface area contributed by atoms with Crippen molar-refractivity contribution in [2.24, 2.45) is 0 Å². The minimum atomic E-state index is -3.41. The predicted molar refractivity (Wildman–Crippen MR) is 51.8 cm³/mol. The first-order chi connectivity index (χ1) is 6.51. The highest BCUT2D eigenvalue weighted by molar-refractivity contribution is 7.85. The molecule has 1 heterocycles. The van der Waals surface area contributed by atoms with Crippen LogP contribution in [0.2, 0.25) is 0 Å². The molecule has 0 aliphatic rings. The van der Waals surface area contributed by atoms with E-state index in [9.17, 15) is 8.42 Å². The molecule has 0 N–H and O–H groups in total. The molecule has 0 unspecified atom stereocenters. The van der Waals surface area contributed by atoms with Gasteiger partial charge in [-0.15, -0.1) is 6.42 Å². The number of terminal acetylenes is 1. The molecule has 4 nitrogen and oxygen atoms in total. The average Bonchev–Trinajstić information content (AvgIpc) is 2.14. The summed E-state index contributed by atoms with van der Waals surface area (Å²) in [5, 5.41) is 0. The van der Waals surface area contributed by atoms with Crippen LogP contribution in [0.1, 0.15) is 11.3 Å². The second-order valence-electron chi connectivity index (χ2n) is 2.66. The molecule has 0 bridgehead atoms. The Hall–Kier alpha value is -1.38. The molecular weight excluding hydrogens is 202 g/mol. The Bertz CT molecular complexity index is 442. The van der Waals surface area contributed by atoms with E-state index in [1.165, 1.54) is 6.20 Å². The van der Waals surface area contributed by atoms with E-state index in [-0.39, 0.29) is 6.61 Å². The van der Waals surface area contributed by atoms with Crippen molar-refractivity contribution in [3.63, 3.8) is 0 Å². The van der Waals surface area contributed by atoms with E-state index in [1.807, 2.05) is 0 Å². The Morgan fingerprint density at radius 1 is 1.57 bits per heavy atom. The van der Waals surface area contributed by atoms with E-state index in [0.29, 0.717) is 11.3 Å². The second kappa shape index (κ2) is 4.22. The number of hydrogen-bond donors (Lipinski definition) is 0. The van der Waals surface area contributed by atoms with E-state index in [1.54, 1.807) is 12.1 Å². The molecular formula is C9H9NO3S. The molecule has 1 aromatic heterocycles. The number of hydrogen-bond acceptors (Lipinski definition) is 4. The molecule has 0 aliphatic carbocycles. The molecule has 0 saturated heterocycles. The Morgan fingerprint density at radius 2 is 2.29 bits per heavy atom. The molecule has 1 rings (SSSR count). The Kier molecular flexibility index (Phi) is 3.23. The molecule has 0 amide bonds. The SMILES string of the molecule is C#Cc1ccc(COS(C)(=O)=O)cn1. The van der Waals surface area contributed by atoms with E-state index in [0.717, 1.165) is 6.26 Å². The van der Waals surface area contributed by atoms with Gasteiger partial charge in [-0.05, 0) is 11.6 Å². The Labute approximate surface area is 83.1 Å². The monoisotopic (exact) mass is 211 g/mol. The molecule has 1 aromatic rings. The van der Waals surface area contributed by atoms with Crippen molar-refractivity contribution in [2.45, 2.75) is 6.61 Å². The summed E-state index contributed by atoms with van der Waals surface area (Å²) in [5.74, 6) is 2.36. The topological polar surface area (TPSA) is 56.3 Å². The maximum absolute atomic E-state index is 10.7.